The van der Waals surface area contributed by atoms with Gasteiger partial charge in [-0.05, 0) is 37.6 Å². The standard InChI is InChI=1S/C20H25N3O3/c1-22(20(24)26-3)19-15-11-14(25-2)7-8-17(15)21-18-10-13-6-4-5-9-23(13)12-16(18)19/h7-8,11,13H,4-6,9-10,12H2,1-3H3. The largest absolute Gasteiger partial charge is 0.497 e. The molecule has 3 heterocycles. The van der Waals surface area contributed by atoms with Crippen molar-refractivity contribution >= 4 is 22.7 Å². The summed E-state index contributed by atoms with van der Waals surface area (Å²) in [6, 6.07) is 6.41. The third-order valence-electron chi connectivity index (χ3n) is 5.67. The number of hydrogen-bond acceptors (Lipinski definition) is 5. The Hall–Kier alpha value is -2.34. The Morgan fingerprint density at radius 3 is 2.92 bits per heavy atom. The number of anilines is 1. The highest BCUT2D eigenvalue weighted by atomic mass is 16.5. The maximum Gasteiger partial charge on any atom is 0.413 e. The highest BCUT2D eigenvalue weighted by Gasteiger charge is 2.33. The Morgan fingerprint density at radius 2 is 2.15 bits per heavy atom. The van der Waals surface area contributed by atoms with Crippen LogP contribution in [0.25, 0.3) is 10.9 Å². The second kappa shape index (κ2) is 6.76. The van der Waals surface area contributed by atoms with Crippen LogP contribution in [0.15, 0.2) is 18.2 Å². The molecule has 1 amide bonds. The van der Waals surface area contributed by atoms with Crippen LogP contribution in [0, 0.1) is 0 Å². The van der Waals surface area contributed by atoms with Crippen molar-refractivity contribution in [1.82, 2.24) is 9.88 Å². The van der Waals surface area contributed by atoms with Gasteiger partial charge in [-0.15, -0.1) is 0 Å². The summed E-state index contributed by atoms with van der Waals surface area (Å²) in [5.41, 5.74) is 4.02. The molecule has 2 aliphatic heterocycles. The van der Waals surface area contributed by atoms with Crippen molar-refractivity contribution in [3.05, 3.63) is 29.5 Å². The average molecular weight is 355 g/mol. The molecular formula is C20H25N3O3. The molecule has 0 aliphatic carbocycles. The Labute approximate surface area is 153 Å². The zero-order valence-corrected chi connectivity index (χ0v) is 15.6. The summed E-state index contributed by atoms with van der Waals surface area (Å²) in [4.78, 5) is 21.4. The van der Waals surface area contributed by atoms with Crippen LogP contribution in [-0.2, 0) is 17.7 Å². The minimum atomic E-state index is -0.372. The molecule has 1 aromatic heterocycles. The minimum Gasteiger partial charge on any atom is -0.497 e. The van der Waals surface area contributed by atoms with Gasteiger partial charge in [0, 0.05) is 42.7 Å². The van der Waals surface area contributed by atoms with E-state index in [0.29, 0.717) is 6.04 Å². The van der Waals surface area contributed by atoms with Crippen molar-refractivity contribution in [3.63, 3.8) is 0 Å². The Balaban J connectivity index is 1.92. The molecule has 4 rings (SSSR count). The fourth-order valence-corrected chi connectivity index (χ4v) is 4.31. The van der Waals surface area contributed by atoms with Crippen molar-refractivity contribution in [2.45, 2.75) is 38.3 Å². The Morgan fingerprint density at radius 1 is 1.31 bits per heavy atom. The third kappa shape index (κ3) is 2.78. The minimum absolute atomic E-state index is 0.372. The molecule has 6 nitrogen and oxygen atoms in total. The van der Waals surface area contributed by atoms with Crippen LogP contribution in [0.4, 0.5) is 10.5 Å². The van der Waals surface area contributed by atoms with E-state index in [9.17, 15) is 4.79 Å². The number of amides is 1. The lowest BCUT2D eigenvalue weighted by Gasteiger charge is -2.41. The maximum atomic E-state index is 12.3. The topological polar surface area (TPSA) is 54.9 Å². The van der Waals surface area contributed by atoms with E-state index in [1.807, 2.05) is 18.2 Å². The fraction of sp³-hybridized carbons (Fsp3) is 0.500. The summed E-state index contributed by atoms with van der Waals surface area (Å²) in [5.74, 6) is 0.755. The van der Waals surface area contributed by atoms with Gasteiger partial charge >= 0.3 is 6.09 Å². The number of carbonyl (C=O) groups is 1. The second-order valence-corrected chi connectivity index (χ2v) is 7.12. The summed E-state index contributed by atoms with van der Waals surface area (Å²) in [6.45, 7) is 1.94. The highest BCUT2D eigenvalue weighted by molar-refractivity contribution is 6.02. The number of rotatable bonds is 2. The molecular weight excluding hydrogens is 330 g/mol. The van der Waals surface area contributed by atoms with Gasteiger partial charge in [-0.3, -0.25) is 14.8 Å². The van der Waals surface area contributed by atoms with Gasteiger partial charge < -0.3 is 9.47 Å². The molecule has 1 aromatic carbocycles. The molecule has 1 unspecified atom stereocenters. The number of piperidine rings is 1. The van der Waals surface area contributed by atoms with Crippen LogP contribution in [0.2, 0.25) is 0 Å². The number of benzene rings is 1. The molecule has 0 spiro atoms. The van der Waals surface area contributed by atoms with E-state index in [2.05, 4.69) is 4.90 Å². The van der Waals surface area contributed by atoms with E-state index in [1.54, 1.807) is 19.1 Å². The predicted octanol–water partition coefficient (Wildman–Crippen LogP) is 3.36. The molecule has 0 N–H and O–H groups in total. The lowest BCUT2D eigenvalue weighted by molar-refractivity contribution is 0.126. The van der Waals surface area contributed by atoms with Gasteiger partial charge in [-0.25, -0.2) is 4.79 Å². The van der Waals surface area contributed by atoms with Crippen LogP contribution < -0.4 is 9.64 Å². The molecule has 0 bridgehead atoms. The van der Waals surface area contributed by atoms with Gasteiger partial charge in [0.2, 0.25) is 0 Å². The van der Waals surface area contributed by atoms with Crippen molar-refractivity contribution in [1.29, 1.82) is 0 Å². The van der Waals surface area contributed by atoms with Gasteiger partial charge in [-0.2, -0.15) is 0 Å². The predicted molar refractivity (Wildman–Crippen MR) is 101 cm³/mol. The maximum absolute atomic E-state index is 12.3. The summed E-state index contributed by atoms with van der Waals surface area (Å²) in [7, 11) is 4.83. The van der Waals surface area contributed by atoms with E-state index in [4.69, 9.17) is 14.5 Å². The Bertz CT molecular complexity index is 852. The first kappa shape index (κ1) is 17.1. The SMILES string of the molecule is COC(=O)N(C)c1c2c(nc3ccc(OC)cc13)CC1CCCCN1C2. The van der Waals surface area contributed by atoms with Crippen molar-refractivity contribution < 1.29 is 14.3 Å². The summed E-state index contributed by atoms with van der Waals surface area (Å²) in [6.07, 6.45) is 4.32. The summed E-state index contributed by atoms with van der Waals surface area (Å²) in [5, 5.41) is 0.923. The van der Waals surface area contributed by atoms with E-state index in [-0.39, 0.29) is 6.09 Å². The first-order valence-corrected chi connectivity index (χ1v) is 9.17. The molecule has 6 heteroatoms. The smallest absolute Gasteiger partial charge is 0.413 e. The van der Waals surface area contributed by atoms with Gasteiger partial charge in [0.25, 0.3) is 0 Å². The summed E-state index contributed by atoms with van der Waals surface area (Å²) < 4.78 is 10.4. The van der Waals surface area contributed by atoms with E-state index < -0.39 is 0 Å². The van der Waals surface area contributed by atoms with Crippen LogP contribution >= 0.6 is 0 Å². The van der Waals surface area contributed by atoms with E-state index in [0.717, 1.165) is 53.1 Å². The highest BCUT2D eigenvalue weighted by Crippen LogP contribution is 2.39. The van der Waals surface area contributed by atoms with E-state index >= 15 is 0 Å². The number of hydrogen-bond donors (Lipinski definition) is 0. The zero-order valence-electron chi connectivity index (χ0n) is 15.6. The number of ether oxygens (including phenoxy) is 2. The van der Waals surface area contributed by atoms with Gasteiger partial charge in [0.1, 0.15) is 5.75 Å². The number of aromatic nitrogens is 1. The zero-order chi connectivity index (χ0) is 18.3. The number of fused-ring (bicyclic) bond motifs is 3. The van der Waals surface area contributed by atoms with Crippen molar-refractivity contribution in [2.75, 3.05) is 32.7 Å². The number of carbonyl (C=O) groups excluding carboxylic acids is 1. The first-order chi connectivity index (χ1) is 12.6. The number of pyridine rings is 1. The molecule has 1 atom stereocenters. The van der Waals surface area contributed by atoms with Crippen molar-refractivity contribution in [2.24, 2.45) is 0 Å². The average Bonchev–Trinajstić information content (AvgIpc) is 2.68. The van der Waals surface area contributed by atoms with Gasteiger partial charge in [-0.1, -0.05) is 6.42 Å². The molecule has 1 saturated heterocycles. The molecule has 0 radical (unpaired) electrons. The normalized spacial score (nSPS) is 19.6. The molecule has 26 heavy (non-hydrogen) atoms. The number of nitrogens with zero attached hydrogens (tertiary/aromatic N) is 3. The molecule has 138 valence electrons. The van der Waals surface area contributed by atoms with Crippen LogP contribution in [0.3, 0.4) is 0 Å². The van der Waals surface area contributed by atoms with Crippen molar-refractivity contribution in [3.8, 4) is 5.75 Å². The van der Waals surface area contributed by atoms with Crippen LogP contribution in [0.5, 0.6) is 5.75 Å². The molecule has 2 aromatic rings. The van der Waals surface area contributed by atoms with E-state index in [1.165, 1.54) is 26.4 Å². The third-order valence-corrected chi connectivity index (χ3v) is 5.67. The fourth-order valence-electron chi connectivity index (χ4n) is 4.31. The van der Waals surface area contributed by atoms with Gasteiger partial charge in [0.05, 0.1) is 25.4 Å². The quantitative estimate of drug-likeness (QED) is 0.827. The molecule has 1 fully saturated rings. The lowest BCUT2D eigenvalue weighted by Crippen LogP contribution is -2.44. The monoisotopic (exact) mass is 355 g/mol. The summed E-state index contributed by atoms with van der Waals surface area (Å²) >= 11 is 0. The van der Waals surface area contributed by atoms with Crippen LogP contribution in [0.1, 0.15) is 30.5 Å². The van der Waals surface area contributed by atoms with Gasteiger partial charge in [0.15, 0.2) is 0 Å². The first-order valence-electron chi connectivity index (χ1n) is 9.17. The van der Waals surface area contributed by atoms with Crippen LogP contribution in [-0.4, -0.2) is 49.8 Å². The molecule has 2 aliphatic rings. The number of methoxy groups -OCH3 is 2. The Kier molecular flexibility index (Phi) is 4.44. The second-order valence-electron chi connectivity index (χ2n) is 7.12. The molecule has 0 saturated carbocycles. The lowest BCUT2D eigenvalue weighted by atomic mass is 9.89.